The molecule has 1 fully saturated rings. The number of amides is 2. The van der Waals surface area contributed by atoms with Gasteiger partial charge in [0.05, 0.1) is 11.5 Å². The molecule has 1 N–H and O–H groups in total. The summed E-state index contributed by atoms with van der Waals surface area (Å²) in [6.45, 7) is 2.81. The maximum atomic E-state index is 12.6. The number of hydrogen-bond acceptors (Lipinski definition) is 5. The van der Waals surface area contributed by atoms with Gasteiger partial charge in [-0.1, -0.05) is 55.4 Å². The third-order valence-electron chi connectivity index (χ3n) is 3.99. The van der Waals surface area contributed by atoms with Crippen molar-refractivity contribution < 1.29 is 14.3 Å². The van der Waals surface area contributed by atoms with Gasteiger partial charge in [-0.2, -0.15) is 5.01 Å². The smallest absolute Gasteiger partial charge is 0.285 e. The Hall–Kier alpha value is -2.64. The summed E-state index contributed by atoms with van der Waals surface area (Å²) in [5.74, 6) is 0.0718. The quantitative estimate of drug-likeness (QED) is 0.415. The van der Waals surface area contributed by atoms with Crippen molar-refractivity contribution in [3.63, 3.8) is 0 Å². The molecule has 0 atom stereocenters. The predicted molar refractivity (Wildman–Crippen MR) is 116 cm³/mol. The monoisotopic (exact) mass is 412 g/mol. The molecule has 7 heteroatoms. The van der Waals surface area contributed by atoms with Gasteiger partial charge >= 0.3 is 0 Å². The molecule has 0 aromatic heterocycles. The Kier molecular flexibility index (Phi) is 6.84. The second kappa shape index (κ2) is 9.52. The molecular formula is C21H20N2O3S2. The van der Waals surface area contributed by atoms with Crippen LogP contribution in [0, 0.1) is 0 Å². The molecule has 0 radical (unpaired) electrons. The third-order valence-corrected chi connectivity index (χ3v) is 5.29. The summed E-state index contributed by atoms with van der Waals surface area (Å²) in [7, 11) is 0. The Balaban J connectivity index is 1.66. The van der Waals surface area contributed by atoms with Crippen molar-refractivity contribution in [2.45, 2.75) is 19.8 Å². The van der Waals surface area contributed by atoms with E-state index in [1.165, 1.54) is 0 Å². The first-order chi connectivity index (χ1) is 13.6. The van der Waals surface area contributed by atoms with E-state index in [9.17, 15) is 9.59 Å². The summed E-state index contributed by atoms with van der Waals surface area (Å²) in [6.07, 6.45) is 3.85. The number of carbonyl (C=O) groups excluding carboxylic acids is 2. The minimum atomic E-state index is -0.383. The van der Waals surface area contributed by atoms with E-state index < -0.39 is 0 Å². The van der Waals surface area contributed by atoms with Gasteiger partial charge in [0, 0.05) is 5.56 Å². The largest absolute Gasteiger partial charge is 0.494 e. The molecule has 0 bridgehead atoms. The number of benzene rings is 2. The van der Waals surface area contributed by atoms with Gasteiger partial charge in [-0.25, -0.2) is 0 Å². The fourth-order valence-electron chi connectivity index (χ4n) is 2.47. The molecule has 0 spiro atoms. The van der Waals surface area contributed by atoms with Crippen LogP contribution in [0.15, 0.2) is 59.5 Å². The van der Waals surface area contributed by atoms with Gasteiger partial charge in [0.25, 0.3) is 11.8 Å². The van der Waals surface area contributed by atoms with Crippen molar-refractivity contribution in [3.05, 3.63) is 70.6 Å². The van der Waals surface area contributed by atoms with Crippen molar-refractivity contribution in [3.8, 4) is 5.75 Å². The maximum absolute atomic E-state index is 12.6. The van der Waals surface area contributed by atoms with Crippen LogP contribution in [0.25, 0.3) is 6.08 Å². The SMILES string of the molecule is CCCCOc1ccc(/C=C2\SC(=S)N(NC(=O)c3ccccc3)C2=O)cc1. The number of nitrogens with one attached hydrogen (secondary N) is 1. The molecule has 28 heavy (non-hydrogen) atoms. The molecule has 2 aromatic carbocycles. The first-order valence-corrected chi connectivity index (χ1v) is 10.2. The van der Waals surface area contributed by atoms with E-state index in [1.54, 1.807) is 30.3 Å². The topological polar surface area (TPSA) is 58.6 Å². The number of carbonyl (C=O) groups is 2. The van der Waals surface area contributed by atoms with E-state index in [0.717, 1.165) is 40.9 Å². The zero-order valence-corrected chi connectivity index (χ0v) is 17.0. The van der Waals surface area contributed by atoms with Crippen LogP contribution < -0.4 is 10.2 Å². The zero-order chi connectivity index (χ0) is 19.9. The van der Waals surface area contributed by atoms with Gasteiger partial charge in [0.15, 0.2) is 4.32 Å². The Morgan fingerprint density at radius 3 is 2.57 bits per heavy atom. The summed E-state index contributed by atoms with van der Waals surface area (Å²) < 4.78 is 5.93. The lowest BCUT2D eigenvalue weighted by Gasteiger charge is -2.15. The average Bonchev–Trinajstić information content (AvgIpc) is 2.97. The second-order valence-corrected chi connectivity index (χ2v) is 7.77. The summed E-state index contributed by atoms with van der Waals surface area (Å²) in [6, 6.07) is 16.2. The molecule has 0 aliphatic carbocycles. The fraction of sp³-hybridized carbons (Fsp3) is 0.190. The number of unbranched alkanes of at least 4 members (excludes halogenated alkanes) is 1. The Morgan fingerprint density at radius 2 is 1.89 bits per heavy atom. The molecule has 1 aliphatic rings. The number of hydrogen-bond donors (Lipinski definition) is 1. The van der Waals surface area contributed by atoms with Crippen LogP contribution in [0.1, 0.15) is 35.7 Å². The van der Waals surface area contributed by atoms with Gasteiger partial charge in [-0.3, -0.25) is 15.0 Å². The lowest BCUT2D eigenvalue weighted by molar-refractivity contribution is -0.123. The normalized spacial score (nSPS) is 15.2. The summed E-state index contributed by atoms with van der Waals surface area (Å²) in [5.41, 5.74) is 3.89. The molecule has 1 aliphatic heterocycles. The highest BCUT2D eigenvalue weighted by molar-refractivity contribution is 8.26. The molecule has 2 amide bonds. The van der Waals surface area contributed by atoms with Crippen LogP contribution in [-0.4, -0.2) is 27.8 Å². The maximum Gasteiger partial charge on any atom is 0.285 e. The fourth-order valence-corrected chi connectivity index (χ4v) is 3.65. The highest BCUT2D eigenvalue weighted by Gasteiger charge is 2.33. The number of thiocarbonyl (C=S) groups is 1. The van der Waals surface area contributed by atoms with E-state index >= 15 is 0 Å². The van der Waals surface area contributed by atoms with Crippen LogP contribution in [0.2, 0.25) is 0 Å². The molecule has 1 heterocycles. The Morgan fingerprint density at radius 1 is 1.18 bits per heavy atom. The van der Waals surface area contributed by atoms with Crippen LogP contribution in [0.4, 0.5) is 0 Å². The van der Waals surface area contributed by atoms with Crippen molar-refractivity contribution in [2.75, 3.05) is 6.61 Å². The molecule has 3 rings (SSSR count). The van der Waals surface area contributed by atoms with Gasteiger partial charge in [-0.15, -0.1) is 0 Å². The van der Waals surface area contributed by atoms with Gasteiger partial charge in [0.2, 0.25) is 0 Å². The minimum absolute atomic E-state index is 0.292. The number of thioether (sulfide) groups is 1. The Bertz CT molecular complexity index is 896. The first kappa shape index (κ1) is 20.1. The van der Waals surface area contributed by atoms with Crippen LogP contribution >= 0.6 is 24.0 Å². The van der Waals surface area contributed by atoms with Crippen molar-refractivity contribution in [1.29, 1.82) is 0 Å². The van der Waals surface area contributed by atoms with Crippen LogP contribution in [0.5, 0.6) is 5.75 Å². The van der Waals surface area contributed by atoms with E-state index in [-0.39, 0.29) is 11.8 Å². The summed E-state index contributed by atoms with van der Waals surface area (Å²) in [5, 5.41) is 1.11. The molecular weight excluding hydrogens is 392 g/mol. The van der Waals surface area contributed by atoms with Crippen molar-refractivity contribution in [2.24, 2.45) is 0 Å². The summed E-state index contributed by atoms with van der Waals surface area (Å²) in [4.78, 5) is 25.4. The lowest BCUT2D eigenvalue weighted by Crippen LogP contribution is -2.44. The average molecular weight is 413 g/mol. The number of rotatable bonds is 7. The number of nitrogens with zero attached hydrogens (tertiary/aromatic N) is 1. The zero-order valence-electron chi connectivity index (χ0n) is 15.4. The summed E-state index contributed by atoms with van der Waals surface area (Å²) >= 11 is 6.41. The van der Waals surface area contributed by atoms with E-state index in [4.69, 9.17) is 17.0 Å². The lowest BCUT2D eigenvalue weighted by atomic mass is 10.2. The molecule has 1 saturated heterocycles. The minimum Gasteiger partial charge on any atom is -0.494 e. The third kappa shape index (κ3) is 4.99. The molecule has 2 aromatic rings. The molecule has 144 valence electrons. The van der Waals surface area contributed by atoms with Crippen molar-refractivity contribution >= 4 is 46.2 Å². The molecule has 0 saturated carbocycles. The van der Waals surface area contributed by atoms with Crippen LogP contribution in [0.3, 0.4) is 0 Å². The molecule has 0 unspecified atom stereocenters. The number of hydrazine groups is 1. The van der Waals surface area contributed by atoms with Gasteiger partial charge in [-0.05, 0) is 54.5 Å². The van der Waals surface area contributed by atoms with E-state index in [0.29, 0.717) is 21.4 Å². The molecule has 5 nitrogen and oxygen atoms in total. The second-order valence-electron chi connectivity index (χ2n) is 6.10. The van der Waals surface area contributed by atoms with Gasteiger partial charge in [0.1, 0.15) is 5.75 Å². The predicted octanol–water partition coefficient (Wildman–Crippen LogP) is 4.41. The highest BCUT2D eigenvalue weighted by atomic mass is 32.2. The number of ether oxygens (including phenoxy) is 1. The van der Waals surface area contributed by atoms with Crippen molar-refractivity contribution in [1.82, 2.24) is 10.4 Å². The van der Waals surface area contributed by atoms with Crippen LogP contribution in [-0.2, 0) is 4.79 Å². The standard InChI is InChI=1S/C21H20N2O3S2/c1-2-3-13-26-17-11-9-15(10-12-17)14-18-20(25)23(21(27)28-18)22-19(24)16-7-5-4-6-8-16/h4-12,14H,2-3,13H2,1H3,(H,22,24)/b18-14-. The van der Waals surface area contributed by atoms with Gasteiger partial charge < -0.3 is 4.74 Å². The van der Waals surface area contributed by atoms with E-state index in [2.05, 4.69) is 12.3 Å². The van der Waals surface area contributed by atoms with E-state index in [1.807, 2.05) is 30.3 Å². The Labute approximate surface area is 173 Å². The first-order valence-electron chi connectivity index (χ1n) is 8.95. The highest BCUT2D eigenvalue weighted by Crippen LogP contribution is 2.31.